The zero-order valence-electron chi connectivity index (χ0n) is 17.8. The topological polar surface area (TPSA) is 161 Å². The molecule has 1 aromatic carbocycles. The van der Waals surface area contributed by atoms with E-state index < -0.39 is 27.0 Å². The molecule has 174 valence electrons. The number of rotatable bonds is 8. The number of carbonyl (C=O) groups is 2. The minimum atomic E-state index is -3.29. The molecule has 32 heavy (non-hydrogen) atoms. The summed E-state index contributed by atoms with van der Waals surface area (Å²) in [5.41, 5.74) is -0.882. The number of aromatic nitrogens is 2. The molecule has 0 aliphatic carbocycles. The van der Waals surface area contributed by atoms with E-state index >= 15 is 0 Å². The molecule has 4 N–H and O–H groups in total. The van der Waals surface area contributed by atoms with E-state index in [1.165, 1.54) is 22.5 Å². The van der Waals surface area contributed by atoms with E-state index in [2.05, 4.69) is 20.8 Å². The van der Waals surface area contributed by atoms with Gasteiger partial charge < -0.3 is 10.6 Å². The highest BCUT2D eigenvalue weighted by atomic mass is 32.2. The lowest BCUT2D eigenvalue weighted by Crippen LogP contribution is -2.44. The molecule has 0 bridgehead atoms. The average molecular weight is 466 g/mol. The second-order valence-corrected chi connectivity index (χ2v) is 9.83. The van der Waals surface area contributed by atoms with Gasteiger partial charge in [0.1, 0.15) is 0 Å². The van der Waals surface area contributed by atoms with Gasteiger partial charge in [-0.25, -0.2) is 12.7 Å². The lowest BCUT2D eigenvalue weighted by molar-refractivity contribution is -0.128. The number of nitrogens with one attached hydrogen (secondary N) is 4. The van der Waals surface area contributed by atoms with Crippen molar-refractivity contribution in [1.29, 1.82) is 0 Å². The number of piperidine rings is 1. The number of hydrogen-bond donors (Lipinski definition) is 4. The Hall–Kier alpha value is -2.99. The molecule has 1 fully saturated rings. The standard InChI is InChI=1S/C20H27N5O6S/c1-2-3-11-32(30,31)25-9-7-13(8-10-25)18(27)21-12-16(26)22-15-6-4-5-14-17(15)20(29)24-23-19(14)28/h4-6,13H,2-3,7-12H2,1H3,(H,21,27)(H,22,26)(H,23,28)(H,24,29). The smallest absolute Gasteiger partial charge is 0.272 e. The molecule has 0 saturated carbocycles. The lowest BCUT2D eigenvalue weighted by atomic mass is 9.97. The van der Waals surface area contributed by atoms with Gasteiger partial charge in [0, 0.05) is 19.0 Å². The van der Waals surface area contributed by atoms with E-state index in [1.54, 1.807) is 0 Å². The van der Waals surface area contributed by atoms with Crippen molar-refractivity contribution in [1.82, 2.24) is 19.8 Å². The second-order valence-electron chi connectivity index (χ2n) is 7.75. The first kappa shape index (κ1) is 23.7. The lowest BCUT2D eigenvalue weighted by Gasteiger charge is -2.30. The number of hydrogen-bond acceptors (Lipinski definition) is 6. The molecule has 0 unspecified atom stereocenters. The van der Waals surface area contributed by atoms with E-state index in [1.807, 2.05) is 6.92 Å². The van der Waals surface area contributed by atoms with Gasteiger partial charge in [0.05, 0.1) is 28.8 Å². The number of fused-ring (bicyclic) bond motifs is 1. The zero-order chi connectivity index (χ0) is 23.3. The minimum Gasteiger partial charge on any atom is -0.347 e. The van der Waals surface area contributed by atoms with Gasteiger partial charge in [0.25, 0.3) is 11.1 Å². The van der Waals surface area contributed by atoms with Gasteiger partial charge >= 0.3 is 0 Å². The zero-order valence-corrected chi connectivity index (χ0v) is 18.6. The molecule has 0 spiro atoms. The maximum absolute atomic E-state index is 12.4. The number of amides is 2. The maximum Gasteiger partial charge on any atom is 0.272 e. The first-order chi connectivity index (χ1) is 15.2. The van der Waals surface area contributed by atoms with Crippen LogP contribution in [0, 0.1) is 5.92 Å². The van der Waals surface area contributed by atoms with Crippen LogP contribution in [0.25, 0.3) is 10.8 Å². The van der Waals surface area contributed by atoms with Gasteiger partial charge in [-0.1, -0.05) is 19.4 Å². The first-order valence-corrected chi connectivity index (χ1v) is 12.1. The molecule has 1 saturated heterocycles. The van der Waals surface area contributed by atoms with Crippen molar-refractivity contribution in [3.8, 4) is 0 Å². The number of unbranched alkanes of at least 4 members (excludes halogenated alkanes) is 1. The minimum absolute atomic E-state index is 0.0487. The van der Waals surface area contributed by atoms with Crippen molar-refractivity contribution in [2.45, 2.75) is 32.6 Å². The molecule has 2 heterocycles. The molecular formula is C20H27N5O6S. The second kappa shape index (κ2) is 10.1. The average Bonchev–Trinajstić information content (AvgIpc) is 2.78. The van der Waals surface area contributed by atoms with Gasteiger partial charge in [-0.15, -0.1) is 0 Å². The highest BCUT2D eigenvalue weighted by Crippen LogP contribution is 2.21. The summed E-state index contributed by atoms with van der Waals surface area (Å²) in [4.78, 5) is 48.7. The summed E-state index contributed by atoms with van der Waals surface area (Å²) < 4.78 is 26.0. The summed E-state index contributed by atoms with van der Waals surface area (Å²) in [6.07, 6.45) is 2.18. The molecule has 0 atom stereocenters. The summed E-state index contributed by atoms with van der Waals surface area (Å²) in [5.74, 6) is -1.13. The Morgan fingerprint density at radius 2 is 1.81 bits per heavy atom. The van der Waals surface area contributed by atoms with Gasteiger partial charge in [0.2, 0.25) is 21.8 Å². The molecule has 1 aromatic heterocycles. The van der Waals surface area contributed by atoms with Crippen molar-refractivity contribution in [2.24, 2.45) is 5.92 Å². The van der Waals surface area contributed by atoms with Crippen molar-refractivity contribution in [3.63, 3.8) is 0 Å². The van der Waals surface area contributed by atoms with Gasteiger partial charge in [-0.05, 0) is 31.4 Å². The van der Waals surface area contributed by atoms with Crippen LogP contribution in [0.5, 0.6) is 0 Å². The number of nitrogens with zero attached hydrogens (tertiary/aromatic N) is 1. The number of benzene rings is 1. The monoisotopic (exact) mass is 465 g/mol. The SMILES string of the molecule is CCCCS(=O)(=O)N1CCC(C(=O)NCC(=O)Nc2cccc3c(=O)[nH][nH]c(=O)c23)CC1. The highest BCUT2D eigenvalue weighted by Gasteiger charge is 2.30. The number of sulfonamides is 1. The molecule has 1 aliphatic rings. The number of aromatic amines is 2. The predicted octanol–water partition coefficient (Wildman–Crippen LogP) is 0.113. The van der Waals surface area contributed by atoms with Gasteiger partial charge in [-0.3, -0.25) is 29.4 Å². The van der Waals surface area contributed by atoms with Crippen LogP contribution in [0.2, 0.25) is 0 Å². The van der Waals surface area contributed by atoms with Crippen LogP contribution in [-0.4, -0.2) is 60.1 Å². The van der Waals surface area contributed by atoms with Crippen molar-refractivity contribution in [3.05, 3.63) is 38.9 Å². The summed E-state index contributed by atoms with van der Waals surface area (Å²) in [6.45, 7) is 2.18. The summed E-state index contributed by atoms with van der Waals surface area (Å²) in [6, 6.07) is 4.49. The third-order valence-electron chi connectivity index (χ3n) is 5.50. The van der Waals surface area contributed by atoms with Crippen LogP contribution in [-0.2, 0) is 19.6 Å². The van der Waals surface area contributed by atoms with E-state index in [0.29, 0.717) is 19.3 Å². The third-order valence-corrected chi connectivity index (χ3v) is 7.45. The Morgan fingerprint density at radius 1 is 1.12 bits per heavy atom. The molecule has 12 heteroatoms. The maximum atomic E-state index is 12.4. The predicted molar refractivity (Wildman–Crippen MR) is 120 cm³/mol. The number of H-pyrrole nitrogens is 2. The van der Waals surface area contributed by atoms with Crippen LogP contribution in [0.4, 0.5) is 5.69 Å². The quantitative estimate of drug-likeness (QED) is 0.433. The van der Waals surface area contributed by atoms with Gasteiger partial charge in [-0.2, -0.15) is 0 Å². The molecule has 11 nitrogen and oxygen atoms in total. The molecule has 3 rings (SSSR count). The van der Waals surface area contributed by atoms with Crippen molar-refractivity contribution >= 4 is 38.3 Å². The largest absolute Gasteiger partial charge is 0.347 e. The van der Waals surface area contributed by atoms with Crippen molar-refractivity contribution < 1.29 is 18.0 Å². The third kappa shape index (κ3) is 5.43. The normalized spacial score (nSPS) is 15.5. The van der Waals surface area contributed by atoms with E-state index in [-0.39, 0.29) is 53.7 Å². The Morgan fingerprint density at radius 3 is 2.50 bits per heavy atom. The molecular weight excluding hydrogens is 438 g/mol. The van der Waals surface area contributed by atoms with E-state index in [0.717, 1.165) is 6.42 Å². The fourth-order valence-electron chi connectivity index (χ4n) is 3.69. The van der Waals surface area contributed by atoms with Crippen LogP contribution in [0.15, 0.2) is 27.8 Å². The molecule has 0 radical (unpaired) electrons. The molecule has 2 aromatic rings. The van der Waals surface area contributed by atoms with Crippen LogP contribution >= 0.6 is 0 Å². The molecule has 1 aliphatic heterocycles. The first-order valence-electron chi connectivity index (χ1n) is 10.5. The summed E-state index contributed by atoms with van der Waals surface area (Å²) in [5, 5.41) is 9.72. The number of anilines is 1. The van der Waals surface area contributed by atoms with Crippen LogP contribution < -0.4 is 21.8 Å². The Bertz CT molecular complexity index is 1210. The summed E-state index contributed by atoms with van der Waals surface area (Å²) in [7, 11) is -3.29. The molecule has 2 amide bonds. The highest BCUT2D eigenvalue weighted by molar-refractivity contribution is 7.89. The fraction of sp³-hybridized carbons (Fsp3) is 0.500. The van der Waals surface area contributed by atoms with Crippen LogP contribution in [0.1, 0.15) is 32.6 Å². The fourth-order valence-corrected chi connectivity index (χ4v) is 5.37. The van der Waals surface area contributed by atoms with E-state index in [4.69, 9.17) is 0 Å². The Balaban J connectivity index is 1.54. The Labute approximate surface area is 184 Å². The summed E-state index contributed by atoms with van der Waals surface area (Å²) >= 11 is 0. The number of carbonyl (C=O) groups excluding carboxylic acids is 2. The van der Waals surface area contributed by atoms with Crippen LogP contribution in [0.3, 0.4) is 0 Å². The van der Waals surface area contributed by atoms with Gasteiger partial charge in [0.15, 0.2) is 0 Å². The van der Waals surface area contributed by atoms with E-state index in [9.17, 15) is 27.6 Å². The Kier molecular flexibility index (Phi) is 7.46. The van der Waals surface area contributed by atoms with Crippen molar-refractivity contribution in [2.75, 3.05) is 30.7 Å².